The number of benzene rings is 1. The molecule has 0 radical (unpaired) electrons. The van der Waals surface area contributed by atoms with Gasteiger partial charge >= 0.3 is 0 Å². The van der Waals surface area contributed by atoms with Crippen molar-refractivity contribution in [3.05, 3.63) is 34.1 Å². The molecule has 0 aliphatic rings. The van der Waals surface area contributed by atoms with Crippen LogP contribution in [0.1, 0.15) is 6.42 Å². The van der Waals surface area contributed by atoms with Gasteiger partial charge in [-0.25, -0.2) is 4.39 Å². The Hall–Kier alpha value is -1.50. The number of rotatable bonds is 4. The zero-order chi connectivity index (χ0) is 12.1. The lowest BCUT2D eigenvalue weighted by Gasteiger charge is -2.04. The third-order valence-corrected chi connectivity index (χ3v) is 2.15. The first-order valence-corrected chi connectivity index (χ1v) is 5.46. The van der Waals surface area contributed by atoms with E-state index in [4.69, 9.17) is 0 Å². The van der Waals surface area contributed by atoms with Gasteiger partial charge in [0.05, 0.1) is 10.6 Å². The summed E-state index contributed by atoms with van der Waals surface area (Å²) in [6.45, 7) is 0. The van der Waals surface area contributed by atoms with Crippen LogP contribution in [-0.2, 0) is 4.79 Å². The van der Waals surface area contributed by atoms with E-state index < -0.39 is 16.6 Å². The van der Waals surface area contributed by atoms with Gasteiger partial charge < -0.3 is 5.32 Å². The number of hydrogen-bond acceptors (Lipinski definition) is 3. The normalized spacial score (nSPS) is 9.88. The molecule has 1 aromatic carbocycles. The van der Waals surface area contributed by atoms with E-state index in [1.807, 2.05) is 0 Å². The predicted octanol–water partition coefficient (Wildman–Crippen LogP) is 2.46. The van der Waals surface area contributed by atoms with E-state index in [0.717, 1.165) is 18.2 Å². The molecule has 1 rings (SSSR count). The lowest BCUT2D eigenvalue weighted by Crippen LogP contribution is -2.12. The third-order valence-electron chi connectivity index (χ3n) is 1.76. The fraction of sp³-hybridized carbons (Fsp3) is 0.222. The van der Waals surface area contributed by atoms with Gasteiger partial charge in [-0.3, -0.25) is 14.9 Å². The Bertz CT molecular complexity index is 425. The number of carbonyl (C=O) groups is 1. The SMILES string of the molecule is O=C(CCBr)Nc1cc([N+](=O)[O-])ccc1F. The molecule has 16 heavy (non-hydrogen) atoms. The number of nitrogens with zero attached hydrogens (tertiary/aromatic N) is 1. The number of nitro groups is 1. The lowest BCUT2D eigenvalue weighted by atomic mass is 10.2. The molecular weight excluding hydrogens is 283 g/mol. The van der Waals surface area contributed by atoms with Gasteiger partial charge in [0.25, 0.3) is 5.69 Å². The molecule has 0 saturated heterocycles. The Morgan fingerprint density at radius 1 is 1.56 bits per heavy atom. The maximum Gasteiger partial charge on any atom is 0.271 e. The monoisotopic (exact) mass is 290 g/mol. The number of halogens is 2. The molecule has 0 saturated carbocycles. The van der Waals surface area contributed by atoms with Crippen LogP contribution in [0.2, 0.25) is 0 Å². The van der Waals surface area contributed by atoms with E-state index in [0.29, 0.717) is 5.33 Å². The van der Waals surface area contributed by atoms with Crippen LogP contribution in [0.15, 0.2) is 18.2 Å². The van der Waals surface area contributed by atoms with E-state index in [1.54, 1.807) is 0 Å². The van der Waals surface area contributed by atoms with E-state index >= 15 is 0 Å². The van der Waals surface area contributed by atoms with Gasteiger partial charge in [-0.15, -0.1) is 0 Å². The van der Waals surface area contributed by atoms with Crippen LogP contribution in [0.25, 0.3) is 0 Å². The maximum absolute atomic E-state index is 13.2. The molecule has 0 aliphatic heterocycles. The second-order valence-electron chi connectivity index (χ2n) is 2.91. The number of nitrogens with one attached hydrogen (secondary N) is 1. The van der Waals surface area contributed by atoms with E-state index in [-0.39, 0.29) is 17.8 Å². The molecule has 5 nitrogen and oxygen atoms in total. The molecule has 0 atom stereocenters. The fourth-order valence-electron chi connectivity index (χ4n) is 1.02. The zero-order valence-corrected chi connectivity index (χ0v) is 9.66. The molecular formula is C9H8BrFN2O3. The largest absolute Gasteiger partial charge is 0.323 e. The number of non-ortho nitro benzene ring substituents is 1. The number of anilines is 1. The van der Waals surface area contributed by atoms with Gasteiger partial charge in [-0.05, 0) is 6.07 Å². The molecule has 0 spiro atoms. The smallest absolute Gasteiger partial charge is 0.271 e. The van der Waals surface area contributed by atoms with E-state index in [2.05, 4.69) is 21.2 Å². The first-order valence-electron chi connectivity index (χ1n) is 4.34. The second kappa shape index (κ2) is 5.55. The molecule has 86 valence electrons. The first kappa shape index (κ1) is 12.6. The fourth-order valence-corrected chi connectivity index (χ4v) is 1.38. The van der Waals surface area contributed by atoms with Crippen molar-refractivity contribution in [1.82, 2.24) is 0 Å². The van der Waals surface area contributed by atoms with Gasteiger partial charge in [0.15, 0.2) is 0 Å². The van der Waals surface area contributed by atoms with Crippen molar-refractivity contribution in [2.45, 2.75) is 6.42 Å². The minimum Gasteiger partial charge on any atom is -0.323 e. The highest BCUT2D eigenvalue weighted by atomic mass is 79.9. The molecule has 0 aromatic heterocycles. The molecule has 0 fully saturated rings. The van der Waals surface area contributed by atoms with Gasteiger partial charge in [-0.2, -0.15) is 0 Å². The molecule has 7 heteroatoms. The van der Waals surface area contributed by atoms with Crippen molar-refractivity contribution in [2.75, 3.05) is 10.6 Å². The van der Waals surface area contributed by atoms with Crippen LogP contribution >= 0.6 is 15.9 Å². The van der Waals surface area contributed by atoms with Crippen molar-refractivity contribution in [1.29, 1.82) is 0 Å². The summed E-state index contributed by atoms with van der Waals surface area (Å²) in [5.41, 5.74) is -0.448. The summed E-state index contributed by atoms with van der Waals surface area (Å²) in [7, 11) is 0. The molecule has 0 aliphatic carbocycles. The average molecular weight is 291 g/mol. The van der Waals surface area contributed by atoms with Crippen LogP contribution in [-0.4, -0.2) is 16.2 Å². The Balaban J connectivity index is 2.90. The quantitative estimate of drug-likeness (QED) is 0.526. The number of hydrogen-bond donors (Lipinski definition) is 1. The number of carbonyl (C=O) groups excluding carboxylic acids is 1. The molecule has 1 amide bonds. The van der Waals surface area contributed by atoms with E-state index in [1.165, 1.54) is 0 Å². The van der Waals surface area contributed by atoms with Crippen LogP contribution in [0.4, 0.5) is 15.8 Å². The molecule has 1 N–H and O–H groups in total. The van der Waals surface area contributed by atoms with Crippen LogP contribution in [0.5, 0.6) is 0 Å². The summed E-state index contributed by atoms with van der Waals surface area (Å²) in [5.74, 6) is -1.11. The summed E-state index contributed by atoms with van der Waals surface area (Å²) in [6, 6.07) is 2.97. The van der Waals surface area contributed by atoms with Crippen molar-refractivity contribution < 1.29 is 14.1 Å². The predicted molar refractivity (Wildman–Crippen MR) is 60.1 cm³/mol. The first-order chi connectivity index (χ1) is 7.54. The topological polar surface area (TPSA) is 72.2 Å². The Morgan fingerprint density at radius 2 is 2.25 bits per heavy atom. The lowest BCUT2D eigenvalue weighted by molar-refractivity contribution is -0.384. The number of amides is 1. The summed E-state index contributed by atoms with van der Waals surface area (Å²) in [4.78, 5) is 21.0. The van der Waals surface area contributed by atoms with Crippen LogP contribution < -0.4 is 5.32 Å². The average Bonchev–Trinajstić information content (AvgIpc) is 2.21. The van der Waals surface area contributed by atoms with Gasteiger partial charge in [0.2, 0.25) is 5.91 Å². The molecule has 1 aromatic rings. The highest BCUT2D eigenvalue weighted by Crippen LogP contribution is 2.21. The zero-order valence-electron chi connectivity index (χ0n) is 8.07. The number of alkyl halides is 1. The minimum absolute atomic E-state index is 0.169. The molecule has 0 unspecified atom stereocenters. The Labute approximate surface area is 98.9 Å². The molecule has 0 heterocycles. The Morgan fingerprint density at radius 3 is 2.81 bits per heavy atom. The second-order valence-corrected chi connectivity index (χ2v) is 3.70. The third kappa shape index (κ3) is 3.27. The van der Waals surface area contributed by atoms with Gasteiger partial charge in [0.1, 0.15) is 5.82 Å². The van der Waals surface area contributed by atoms with Crippen molar-refractivity contribution in [3.8, 4) is 0 Å². The van der Waals surface area contributed by atoms with Crippen LogP contribution in [0, 0.1) is 15.9 Å². The summed E-state index contributed by atoms with van der Waals surface area (Å²) >= 11 is 3.06. The maximum atomic E-state index is 13.2. The summed E-state index contributed by atoms with van der Waals surface area (Å²) < 4.78 is 13.2. The Kier molecular flexibility index (Phi) is 4.36. The van der Waals surface area contributed by atoms with Crippen LogP contribution in [0.3, 0.4) is 0 Å². The van der Waals surface area contributed by atoms with Gasteiger partial charge in [-0.1, -0.05) is 15.9 Å². The molecule has 0 bridgehead atoms. The van der Waals surface area contributed by atoms with Crippen molar-refractivity contribution in [3.63, 3.8) is 0 Å². The summed E-state index contributed by atoms with van der Waals surface area (Å²) in [5, 5.41) is 13.1. The summed E-state index contributed by atoms with van der Waals surface area (Å²) in [6.07, 6.45) is 0.169. The van der Waals surface area contributed by atoms with Crippen molar-refractivity contribution in [2.24, 2.45) is 0 Å². The number of nitro benzene ring substituents is 1. The highest BCUT2D eigenvalue weighted by molar-refractivity contribution is 9.09. The minimum atomic E-state index is -0.700. The van der Waals surface area contributed by atoms with E-state index in [9.17, 15) is 19.3 Å². The van der Waals surface area contributed by atoms with Gasteiger partial charge in [0, 0.05) is 23.9 Å². The highest BCUT2D eigenvalue weighted by Gasteiger charge is 2.12. The standard InChI is InChI=1S/C9H8BrFN2O3/c10-4-3-9(14)12-8-5-6(13(15)16)1-2-7(8)11/h1-2,5H,3-4H2,(H,12,14). The van der Waals surface area contributed by atoms with Crippen molar-refractivity contribution >= 4 is 33.2 Å².